The van der Waals surface area contributed by atoms with Gasteiger partial charge in [-0.3, -0.25) is 4.79 Å². The normalized spacial score (nSPS) is 19.0. The van der Waals surface area contributed by atoms with Gasteiger partial charge < -0.3 is 9.32 Å². The van der Waals surface area contributed by atoms with E-state index in [0.29, 0.717) is 23.8 Å². The molecule has 2 heterocycles. The zero-order valence-corrected chi connectivity index (χ0v) is 13.7. The first-order chi connectivity index (χ1) is 10.4. The predicted molar refractivity (Wildman–Crippen MR) is 84.6 cm³/mol. The van der Waals surface area contributed by atoms with Crippen molar-refractivity contribution in [3.8, 4) is 0 Å². The lowest BCUT2D eigenvalue weighted by molar-refractivity contribution is -0.127. The number of carbonyl (C=O) groups is 1. The molecule has 0 N–H and O–H groups in total. The van der Waals surface area contributed by atoms with Crippen LogP contribution in [0.1, 0.15) is 6.42 Å². The highest BCUT2D eigenvalue weighted by Crippen LogP contribution is 2.24. The van der Waals surface area contributed by atoms with Gasteiger partial charge in [0.15, 0.2) is 15.4 Å². The number of aromatic nitrogens is 1. The number of amides is 1. The van der Waals surface area contributed by atoms with Crippen LogP contribution in [0.4, 0.5) is 0 Å². The van der Waals surface area contributed by atoms with Gasteiger partial charge in [0.05, 0.1) is 11.0 Å². The summed E-state index contributed by atoms with van der Waals surface area (Å²) < 4.78 is 28.6. The number of fused-ring (bicyclic) bond motifs is 1. The summed E-state index contributed by atoms with van der Waals surface area (Å²) in [6, 6.07) is 7.41. The third-order valence-corrected chi connectivity index (χ3v) is 6.11. The van der Waals surface area contributed by atoms with E-state index in [4.69, 9.17) is 4.42 Å². The van der Waals surface area contributed by atoms with E-state index in [9.17, 15) is 13.2 Å². The molecule has 0 aliphatic carbocycles. The van der Waals surface area contributed by atoms with Crippen molar-refractivity contribution in [1.29, 1.82) is 0 Å². The van der Waals surface area contributed by atoms with Crippen LogP contribution < -0.4 is 0 Å². The molecular formula is C14H16N2O4S2. The van der Waals surface area contributed by atoms with Crippen LogP contribution in [0, 0.1) is 0 Å². The number of carbonyl (C=O) groups excluding carboxylic acids is 1. The number of sulfone groups is 1. The molecule has 22 heavy (non-hydrogen) atoms. The summed E-state index contributed by atoms with van der Waals surface area (Å²) in [5.41, 5.74) is 1.45. The molecule has 1 aromatic carbocycles. The van der Waals surface area contributed by atoms with Crippen LogP contribution in [0.5, 0.6) is 0 Å². The van der Waals surface area contributed by atoms with Crippen molar-refractivity contribution < 1.29 is 17.6 Å². The van der Waals surface area contributed by atoms with Gasteiger partial charge in [0.2, 0.25) is 5.91 Å². The molecule has 0 radical (unpaired) electrons. The van der Waals surface area contributed by atoms with Crippen molar-refractivity contribution in [2.45, 2.75) is 16.9 Å². The van der Waals surface area contributed by atoms with Crippen molar-refractivity contribution in [1.82, 2.24) is 9.88 Å². The van der Waals surface area contributed by atoms with Gasteiger partial charge >= 0.3 is 0 Å². The summed E-state index contributed by atoms with van der Waals surface area (Å²) in [5, 5.41) is 0.0131. The number of nitrogens with zero attached hydrogens (tertiary/aromatic N) is 2. The summed E-state index contributed by atoms with van der Waals surface area (Å²) in [4.78, 5) is 18.0. The molecule has 1 atom stereocenters. The Kier molecular flexibility index (Phi) is 4.14. The molecule has 1 saturated heterocycles. The lowest BCUT2D eigenvalue weighted by Gasteiger charge is -2.15. The Hall–Kier alpha value is -1.54. The van der Waals surface area contributed by atoms with Gasteiger partial charge in [-0.1, -0.05) is 23.9 Å². The number of likely N-dealkylation sites (tertiary alicyclic amines) is 1. The highest BCUT2D eigenvalue weighted by molar-refractivity contribution is 7.99. The second-order valence-corrected chi connectivity index (χ2v) is 8.57. The molecule has 8 heteroatoms. The summed E-state index contributed by atoms with van der Waals surface area (Å²) in [6.45, 7) is 0.774. The van der Waals surface area contributed by atoms with Crippen LogP contribution in [0.2, 0.25) is 0 Å². The molecule has 1 fully saturated rings. The van der Waals surface area contributed by atoms with Gasteiger partial charge in [-0.05, 0) is 18.6 Å². The number of thioether (sulfide) groups is 1. The van der Waals surface area contributed by atoms with E-state index in [-0.39, 0.29) is 18.2 Å². The minimum Gasteiger partial charge on any atom is -0.431 e. The molecule has 3 rings (SSSR count). The number of rotatable bonds is 4. The highest BCUT2D eigenvalue weighted by Gasteiger charge is 2.32. The molecule has 1 aliphatic heterocycles. The zero-order valence-electron chi connectivity index (χ0n) is 12.1. The van der Waals surface area contributed by atoms with E-state index < -0.39 is 15.1 Å². The van der Waals surface area contributed by atoms with Crippen LogP contribution in [0.3, 0.4) is 0 Å². The van der Waals surface area contributed by atoms with E-state index in [2.05, 4.69) is 4.98 Å². The number of hydrogen-bond donors (Lipinski definition) is 0. The first kappa shape index (κ1) is 15.4. The third kappa shape index (κ3) is 3.27. The topological polar surface area (TPSA) is 80.5 Å². The molecule has 0 saturated carbocycles. The fraction of sp³-hybridized carbons (Fsp3) is 0.429. The lowest BCUT2D eigenvalue weighted by atomic mass is 10.3. The minimum atomic E-state index is -3.08. The first-order valence-electron chi connectivity index (χ1n) is 6.88. The van der Waals surface area contributed by atoms with E-state index in [1.807, 2.05) is 24.3 Å². The van der Waals surface area contributed by atoms with Gasteiger partial charge in [0.25, 0.3) is 5.22 Å². The van der Waals surface area contributed by atoms with Crippen LogP contribution in [0.25, 0.3) is 11.1 Å². The largest absolute Gasteiger partial charge is 0.431 e. The average Bonchev–Trinajstić information content (AvgIpc) is 3.10. The Morgan fingerprint density at radius 1 is 1.45 bits per heavy atom. The van der Waals surface area contributed by atoms with Crippen LogP contribution in [-0.4, -0.2) is 54.6 Å². The molecule has 6 nitrogen and oxygen atoms in total. The number of hydrogen-bond acceptors (Lipinski definition) is 6. The highest BCUT2D eigenvalue weighted by atomic mass is 32.2. The fourth-order valence-corrected chi connectivity index (χ4v) is 4.16. The van der Waals surface area contributed by atoms with E-state index >= 15 is 0 Å². The Balaban J connectivity index is 1.59. The summed E-state index contributed by atoms with van der Waals surface area (Å²) in [7, 11) is -3.08. The van der Waals surface area contributed by atoms with Gasteiger partial charge in [0, 0.05) is 19.3 Å². The second-order valence-electron chi connectivity index (χ2n) is 5.32. The maximum absolute atomic E-state index is 12.1. The standard InChI is InChI=1S/C14H16N2O4S2/c1-22(18,19)10-6-7-16(8-10)13(17)9-21-14-15-11-4-2-3-5-12(11)20-14/h2-5,10H,6-9H2,1H3. The number of oxazole rings is 1. The molecule has 118 valence electrons. The summed E-state index contributed by atoms with van der Waals surface area (Å²) in [5.74, 6) is 0.113. The maximum Gasteiger partial charge on any atom is 0.257 e. The van der Waals surface area contributed by atoms with Crippen LogP contribution >= 0.6 is 11.8 Å². The molecule has 0 bridgehead atoms. The van der Waals surface area contributed by atoms with Gasteiger partial charge in [0.1, 0.15) is 5.52 Å². The summed E-state index contributed by atoms with van der Waals surface area (Å²) >= 11 is 1.23. The van der Waals surface area contributed by atoms with Crippen LogP contribution in [0.15, 0.2) is 33.9 Å². The average molecular weight is 340 g/mol. The Morgan fingerprint density at radius 2 is 2.23 bits per heavy atom. The summed E-state index contributed by atoms with van der Waals surface area (Å²) in [6.07, 6.45) is 1.73. The molecular weight excluding hydrogens is 324 g/mol. The minimum absolute atomic E-state index is 0.0848. The zero-order chi connectivity index (χ0) is 15.7. The molecule has 0 spiro atoms. The van der Waals surface area contributed by atoms with Gasteiger partial charge in [-0.2, -0.15) is 0 Å². The van der Waals surface area contributed by atoms with Crippen molar-refractivity contribution in [2.75, 3.05) is 25.1 Å². The van der Waals surface area contributed by atoms with E-state index in [0.717, 1.165) is 5.52 Å². The Morgan fingerprint density at radius 3 is 2.91 bits per heavy atom. The van der Waals surface area contributed by atoms with Crippen molar-refractivity contribution in [3.63, 3.8) is 0 Å². The number of para-hydroxylation sites is 2. The smallest absolute Gasteiger partial charge is 0.257 e. The molecule has 1 aliphatic rings. The fourth-order valence-electron chi connectivity index (χ4n) is 2.43. The lowest BCUT2D eigenvalue weighted by Crippen LogP contribution is -2.32. The molecule has 2 aromatic rings. The van der Waals surface area contributed by atoms with E-state index in [1.54, 1.807) is 4.90 Å². The Bertz CT molecular complexity index is 767. The first-order valence-corrected chi connectivity index (χ1v) is 9.82. The second kappa shape index (κ2) is 5.92. The SMILES string of the molecule is CS(=O)(=O)C1CCN(C(=O)CSc2nc3ccccc3o2)C1. The van der Waals surface area contributed by atoms with Gasteiger partial charge in [-0.15, -0.1) is 0 Å². The van der Waals surface area contributed by atoms with Crippen molar-refractivity contribution in [3.05, 3.63) is 24.3 Å². The predicted octanol–water partition coefficient (Wildman–Crippen LogP) is 1.57. The molecule has 1 unspecified atom stereocenters. The monoisotopic (exact) mass is 340 g/mol. The number of benzene rings is 1. The maximum atomic E-state index is 12.1. The Labute approximate surface area is 132 Å². The van der Waals surface area contributed by atoms with E-state index in [1.165, 1.54) is 18.0 Å². The van der Waals surface area contributed by atoms with Crippen molar-refractivity contribution in [2.24, 2.45) is 0 Å². The quantitative estimate of drug-likeness (QED) is 0.786. The van der Waals surface area contributed by atoms with Gasteiger partial charge in [-0.25, -0.2) is 13.4 Å². The molecule has 1 amide bonds. The van der Waals surface area contributed by atoms with Crippen LogP contribution in [-0.2, 0) is 14.6 Å². The molecule has 1 aromatic heterocycles. The third-order valence-electron chi connectivity index (χ3n) is 3.70. The van der Waals surface area contributed by atoms with Crippen molar-refractivity contribution >= 4 is 38.6 Å².